The summed E-state index contributed by atoms with van der Waals surface area (Å²) < 4.78 is 12.5. The van der Waals surface area contributed by atoms with Gasteiger partial charge in [-0.2, -0.15) is 5.10 Å². The van der Waals surface area contributed by atoms with E-state index in [1.54, 1.807) is 31.5 Å². The Balaban J connectivity index is 1.50. The van der Waals surface area contributed by atoms with E-state index in [4.69, 9.17) is 14.5 Å². The quantitative estimate of drug-likeness (QED) is 0.664. The minimum atomic E-state index is -0.0302. The summed E-state index contributed by atoms with van der Waals surface area (Å²) in [6, 6.07) is 4.23. The second-order valence-corrected chi connectivity index (χ2v) is 7.38. The first-order valence-corrected chi connectivity index (χ1v) is 9.54. The first-order valence-electron chi connectivity index (χ1n) is 9.54. The third-order valence-electron chi connectivity index (χ3n) is 5.41. The largest absolute Gasteiger partial charge is 0.491 e. The van der Waals surface area contributed by atoms with Gasteiger partial charge in [-0.25, -0.2) is 4.98 Å². The Labute approximate surface area is 168 Å². The normalized spacial score (nSPS) is 15.6. The molecule has 1 aliphatic heterocycles. The smallest absolute Gasteiger partial charge is 0.260 e. The molecule has 1 aliphatic carbocycles. The predicted molar refractivity (Wildman–Crippen MR) is 106 cm³/mol. The molecule has 8 heteroatoms. The van der Waals surface area contributed by atoms with E-state index in [9.17, 15) is 4.79 Å². The maximum atomic E-state index is 13.0. The first kappa shape index (κ1) is 17.7. The van der Waals surface area contributed by atoms with Crippen molar-refractivity contribution in [3.8, 4) is 22.9 Å². The molecule has 5 rings (SSSR count). The molecular weight excluding hydrogens is 370 g/mol. The molecule has 0 saturated heterocycles. The molecule has 0 unspecified atom stereocenters. The summed E-state index contributed by atoms with van der Waals surface area (Å²) in [5.41, 5.74) is 4.69. The minimum absolute atomic E-state index is 0.0302. The lowest BCUT2D eigenvalue weighted by Gasteiger charge is -2.12. The molecule has 0 N–H and O–H groups in total. The van der Waals surface area contributed by atoms with Crippen LogP contribution in [0.3, 0.4) is 0 Å². The molecule has 8 nitrogen and oxygen atoms in total. The molecule has 0 bridgehead atoms. The molecule has 0 aromatic carbocycles. The number of pyridine rings is 2. The Kier molecular flexibility index (Phi) is 4.01. The van der Waals surface area contributed by atoms with Crippen LogP contribution >= 0.6 is 0 Å². The molecule has 148 valence electrons. The zero-order valence-corrected chi connectivity index (χ0v) is 16.5. The van der Waals surface area contributed by atoms with E-state index in [1.165, 1.54) is 0 Å². The van der Waals surface area contributed by atoms with E-state index in [0.717, 1.165) is 41.0 Å². The number of ether oxygens (including phenoxy) is 2. The number of aryl methyl sites for hydroxylation is 1. The lowest BCUT2D eigenvalue weighted by Crippen LogP contribution is -2.22. The van der Waals surface area contributed by atoms with Crippen LogP contribution in [0.1, 0.15) is 40.5 Å². The van der Waals surface area contributed by atoms with Crippen LogP contribution in [0.15, 0.2) is 30.7 Å². The fraction of sp³-hybridized carbons (Fsp3) is 0.333. The maximum Gasteiger partial charge on any atom is 0.260 e. The molecule has 1 saturated carbocycles. The summed E-state index contributed by atoms with van der Waals surface area (Å²) in [6.45, 7) is 2.37. The maximum absolute atomic E-state index is 13.0. The van der Waals surface area contributed by atoms with Gasteiger partial charge in [-0.1, -0.05) is 0 Å². The highest BCUT2D eigenvalue weighted by Crippen LogP contribution is 2.37. The fourth-order valence-corrected chi connectivity index (χ4v) is 3.74. The number of carbonyl (C=O) groups is 1. The molecular formula is C21H21N5O3. The summed E-state index contributed by atoms with van der Waals surface area (Å²) in [6.07, 6.45) is 7.72. The van der Waals surface area contributed by atoms with E-state index >= 15 is 0 Å². The van der Waals surface area contributed by atoms with E-state index in [0.29, 0.717) is 29.8 Å². The van der Waals surface area contributed by atoms with Crippen LogP contribution < -0.4 is 14.4 Å². The average molecular weight is 391 g/mol. The Bertz CT molecular complexity index is 1120. The minimum Gasteiger partial charge on any atom is -0.491 e. The molecule has 0 atom stereocenters. The molecule has 1 amide bonds. The molecule has 3 aromatic rings. The number of nitrogens with zero attached hydrogens (tertiary/aromatic N) is 5. The van der Waals surface area contributed by atoms with Crippen LogP contribution in [0, 0.1) is 6.92 Å². The van der Waals surface area contributed by atoms with Crippen molar-refractivity contribution in [2.45, 2.75) is 32.4 Å². The van der Waals surface area contributed by atoms with Crippen LogP contribution in [0.2, 0.25) is 0 Å². The van der Waals surface area contributed by atoms with Crippen molar-refractivity contribution in [3.05, 3.63) is 47.5 Å². The summed E-state index contributed by atoms with van der Waals surface area (Å²) in [5, 5.41) is 4.41. The number of methoxy groups -OCH3 is 2. The fourth-order valence-electron chi connectivity index (χ4n) is 3.74. The van der Waals surface area contributed by atoms with Gasteiger partial charge in [-0.15, -0.1) is 0 Å². The summed E-state index contributed by atoms with van der Waals surface area (Å²) in [7, 11) is 3.12. The van der Waals surface area contributed by atoms with E-state index < -0.39 is 0 Å². The summed E-state index contributed by atoms with van der Waals surface area (Å²) in [4.78, 5) is 23.9. The lowest BCUT2D eigenvalue weighted by atomic mass is 10.1. The van der Waals surface area contributed by atoms with Crippen LogP contribution in [0.25, 0.3) is 11.3 Å². The Morgan fingerprint density at radius 2 is 1.97 bits per heavy atom. The van der Waals surface area contributed by atoms with Gasteiger partial charge in [0, 0.05) is 18.0 Å². The van der Waals surface area contributed by atoms with Gasteiger partial charge in [0.2, 0.25) is 0 Å². The number of hydrogen-bond donors (Lipinski definition) is 0. The predicted octanol–water partition coefficient (Wildman–Crippen LogP) is 3.16. The van der Waals surface area contributed by atoms with Gasteiger partial charge in [0.05, 0.1) is 55.6 Å². The zero-order chi connectivity index (χ0) is 20.1. The number of rotatable bonds is 5. The number of hydrogen-bond acceptors (Lipinski definition) is 6. The zero-order valence-electron chi connectivity index (χ0n) is 16.5. The Morgan fingerprint density at radius 1 is 1.14 bits per heavy atom. The van der Waals surface area contributed by atoms with Gasteiger partial charge in [0.1, 0.15) is 0 Å². The monoisotopic (exact) mass is 391 g/mol. The number of carbonyl (C=O) groups excluding carboxylic acids is 1. The SMILES string of the molecule is COc1cc(-c2cc(C)c3c(n2)CN(c2cnn(C4CC4)c2)C3=O)cnc1OC. The molecule has 1 fully saturated rings. The molecule has 29 heavy (non-hydrogen) atoms. The van der Waals surface area contributed by atoms with E-state index in [1.807, 2.05) is 29.9 Å². The molecule has 0 spiro atoms. The van der Waals surface area contributed by atoms with E-state index in [2.05, 4.69) is 10.1 Å². The second-order valence-electron chi connectivity index (χ2n) is 7.38. The van der Waals surface area contributed by atoms with Crippen molar-refractivity contribution in [3.63, 3.8) is 0 Å². The standard InChI is InChI=1S/C21H21N5O3/c1-12-6-16(13-7-18(28-2)20(29-3)22-8-13)24-17-11-25(21(27)19(12)17)15-9-23-26(10-15)14-4-5-14/h6-10,14H,4-5,11H2,1-3H3. The van der Waals surface area contributed by atoms with Crippen molar-refractivity contribution in [2.24, 2.45) is 0 Å². The van der Waals surface area contributed by atoms with Crippen LogP contribution in [0.5, 0.6) is 11.6 Å². The number of amides is 1. The van der Waals surface area contributed by atoms with E-state index in [-0.39, 0.29) is 5.91 Å². The molecule has 4 heterocycles. The highest BCUT2D eigenvalue weighted by atomic mass is 16.5. The number of fused-ring (bicyclic) bond motifs is 1. The lowest BCUT2D eigenvalue weighted by molar-refractivity contribution is 0.0996. The Hall–Kier alpha value is -3.42. The molecule has 0 radical (unpaired) electrons. The molecule has 2 aliphatic rings. The first-order chi connectivity index (χ1) is 14.1. The van der Waals surface area contributed by atoms with Crippen molar-refractivity contribution >= 4 is 11.6 Å². The van der Waals surface area contributed by atoms with Crippen molar-refractivity contribution in [1.82, 2.24) is 19.7 Å². The summed E-state index contributed by atoms with van der Waals surface area (Å²) >= 11 is 0. The highest BCUT2D eigenvalue weighted by Gasteiger charge is 2.33. The second kappa shape index (κ2) is 6.58. The topological polar surface area (TPSA) is 82.4 Å². The van der Waals surface area contributed by atoms with Crippen molar-refractivity contribution < 1.29 is 14.3 Å². The van der Waals surface area contributed by atoms with Gasteiger partial charge >= 0.3 is 0 Å². The van der Waals surface area contributed by atoms with Gasteiger partial charge in [0.15, 0.2) is 5.75 Å². The third kappa shape index (κ3) is 2.91. The number of aromatic nitrogens is 4. The number of anilines is 1. The Morgan fingerprint density at radius 3 is 2.69 bits per heavy atom. The van der Waals surface area contributed by atoms with Crippen LogP contribution in [-0.2, 0) is 6.54 Å². The van der Waals surface area contributed by atoms with Gasteiger partial charge in [-0.3, -0.25) is 19.4 Å². The van der Waals surface area contributed by atoms with Crippen LogP contribution in [0.4, 0.5) is 5.69 Å². The van der Waals surface area contributed by atoms with Gasteiger partial charge in [0.25, 0.3) is 11.8 Å². The average Bonchev–Trinajstić information content (AvgIpc) is 3.37. The highest BCUT2D eigenvalue weighted by molar-refractivity contribution is 6.10. The van der Waals surface area contributed by atoms with Gasteiger partial charge in [-0.05, 0) is 37.5 Å². The van der Waals surface area contributed by atoms with Crippen LogP contribution in [-0.4, -0.2) is 39.9 Å². The van der Waals surface area contributed by atoms with Crippen molar-refractivity contribution in [1.29, 1.82) is 0 Å². The third-order valence-corrected chi connectivity index (χ3v) is 5.41. The molecule has 3 aromatic heterocycles. The van der Waals surface area contributed by atoms with Crippen molar-refractivity contribution in [2.75, 3.05) is 19.1 Å². The summed E-state index contributed by atoms with van der Waals surface area (Å²) in [5.74, 6) is 0.927. The van der Waals surface area contributed by atoms with Gasteiger partial charge < -0.3 is 9.47 Å².